The number of rotatable bonds is 6. The van der Waals surface area contributed by atoms with Crippen molar-refractivity contribution >= 4 is 11.9 Å². The summed E-state index contributed by atoms with van der Waals surface area (Å²) in [5.41, 5.74) is 1.00. The van der Waals surface area contributed by atoms with Crippen molar-refractivity contribution in [1.82, 2.24) is 0 Å². The minimum atomic E-state index is -0.312. The maximum absolute atomic E-state index is 12.3. The maximum atomic E-state index is 12.3. The largest absolute Gasteiger partial charge is 0.507 e. The molecule has 1 heterocycles. The van der Waals surface area contributed by atoms with Crippen molar-refractivity contribution in [3.63, 3.8) is 0 Å². The fourth-order valence-electron chi connectivity index (χ4n) is 2.48. The van der Waals surface area contributed by atoms with Gasteiger partial charge in [0.05, 0.1) is 18.8 Å². The predicted molar refractivity (Wildman–Crippen MR) is 96.0 cm³/mol. The van der Waals surface area contributed by atoms with Gasteiger partial charge in [-0.3, -0.25) is 4.79 Å². The second-order valence-electron chi connectivity index (χ2n) is 5.68. The second-order valence-corrected chi connectivity index (χ2v) is 5.68. The third-order valence-electron chi connectivity index (χ3n) is 3.78. The molecular weight excluding hydrogens is 336 g/mol. The highest BCUT2D eigenvalue weighted by Crippen LogP contribution is 2.31. The van der Waals surface area contributed by atoms with Crippen LogP contribution in [0.1, 0.15) is 22.3 Å². The van der Waals surface area contributed by atoms with Crippen LogP contribution in [0.5, 0.6) is 23.0 Å². The third-order valence-corrected chi connectivity index (χ3v) is 3.78. The minimum absolute atomic E-state index is 0.0662. The zero-order chi connectivity index (χ0) is 18.4. The van der Waals surface area contributed by atoms with Crippen LogP contribution in [0.3, 0.4) is 0 Å². The second kappa shape index (κ2) is 8.40. The number of hydrogen-bond donors (Lipinski definition) is 1. The van der Waals surface area contributed by atoms with Crippen LogP contribution in [0, 0.1) is 0 Å². The highest BCUT2D eigenvalue weighted by Gasteiger charge is 2.12. The lowest BCUT2D eigenvalue weighted by atomic mass is 10.1. The Kier molecular flexibility index (Phi) is 5.76. The lowest BCUT2D eigenvalue weighted by Crippen LogP contribution is -2.00. The molecule has 0 bridgehead atoms. The highest BCUT2D eigenvalue weighted by atomic mass is 16.7. The molecule has 3 rings (SSSR count). The Hall–Kier alpha value is -2.99. The molecule has 0 fully saturated rings. The van der Waals surface area contributed by atoms with Crippen molar-refractivity contribution in [2.24, 2.45) is 0 Å². The van der Waals surface area contributed by atoms with E-state index in [1.165, 1.54) is 25.3 Å². The monoisotopic (exact) mass is 356 g/mol. The summed E-state index contributed by atoms with van der Waals surface area (Å²) in [5, 5.41) is 10.0. The summed E-state index contributed by atoms with van der Waals surface area (Å²) in [6, 6.07) is 10.00. The molecule has 0 aromatic heterocycles. The summed E-state index contributed by atoms with van der Waals surface area (Å²) >= 11 is 0. The molecule has 1 N–H and O–H groups in total. The molecule has 0 spiro atoms. The van der Waals surface area contributed by atoms with Crippen molar-refractivity contribution in [2.75, 3.05) is 27.1 Å². The zero-order valence-electron chi connectivity index (χ0n) is 14.4. The molecule has 0 atom stereocenters. The van der Waals surface area contributed by atoms with E-state index in [0.717, 1.165) is 12.0 Å². The molecule has 1 aliphatic rings. The minimum Gasteiger partial charge on any atom is -0.507 e. The Morgan fingerprint density at radius 2 is 1.96 bits per heavy atom. The summed E-state index contributed by atoms with van der Waals surface area (Å²) < 4.78 is 21.2. The topological polar surface area (TPSA) is 74.2 Å². The number of methoxy groups -OCH3 is 1. The van der Waals surface area contributed by atoms with E-state index in [2.05, 4.69) is 0 Å². The van der Waals surface area contributed by atoms with Gasteiger partial charge in [0.2, 0.25) is 0 Å². The fraction of sp³-hybridized carbons (Fsp3) is 0.250. The number of ether oxygens (including phenoxy) is 4. The molecule has 6 nitrogen and oxygen atoms in total. The van der Waals surface area contributed by atoms with Gasteiger partial charge in [-0.25, -0.2) is 0 Å². The Morgan fingerprint density at radius 3 is 2.73 bits per heavy atom. The van der Waals surface area contributed by atoms with Crippen LogP contribution in [0.2, 0.25) is 0 Å². The predicted octanol–water partition coefficient (Wildman–Crippen LogP) is 3.43. The first-order chi connectivity index (χ1) is 12.7. The Labute approximate surface area is 151 Å². The van der Waals surface area contributed by atoms with E-state index in [9.17, 15) is 9.90 Å². The number of carbonyl (C=O) groups excluding carboxylic acids is 1. The lowest BCUT2D eigenvalue weighted by Gasteiger charge is -2.08. The van der Waals surface area contributed by atoms with E-state index in [0.29, 0.717) is 30.5 Å². The van der Waals surface area contributed by atoms with Crippen LogP contribution in [0.25, 0.3) is 6.08 Å². The third kappa shape index (κ3) is 4.34. The van der Waals surface area contributed by atoms with Gasteiger partial charge < -0.3 is 24.1 Å². The fourth-order valence-corrected chi connectivity index (χ4v) is 2.48. The molecular formula is C20H20O6. The molecule has 6 heteroatoms. The van der Waals surface area contributed by atoms with Gasteiger partial charge in [-0.2, -0.15) is 0 Å². The van der Waals surface area contributed by atoms with Gasteiger partial charge in [-0.05, 0) is 35.9 Å². The number of phenolic OH excluding ortho intramolecular Hbond substituents is 1. The van der Waals surface area contributed by atoms with Crippen molar-refractivity contribution < 1.29 is 28.8 Å². The van der Waals surface area contributed by atoms with Crippen molar-refractivity contribution in [1.29, 1.82) is 0 Å². The van der Waals surface area contributed by atoms with E-state index in [4.69, 9.17) is 18.9 Å². The van der Waals surface area contributed by atoms with E-state index in [1.54, 1.807) is 12.1 Å². The first kappa shape index (κ1) is 17.8. The number of aromatic hydroxyl groups is 1. The number of ketones is 1. The van der Waals surface area contributed by atoms with Gasteiger partial charge in [0.1, 0.15) is 11.5 Å². The SMILES string of the molecule is COCOc1ccc(C(=O)/C=C/c2ccc3c(c2)OCCCO3)c(O)c1. The Balaban J connectivity index is 1.72. The molecule has 1 aliphatic heterocycles. The van der Waals surface area contributed by atoms with Crippen LogP contribution >= 0.6 is 0 Å². The van der Waals surface area contributed by atoms with Crippen LogP contribution in [0.4, 0.5) is 0 Å². The van der Waals surface area contributed by atoms with E-state index >= 15 is 0 Å². The number of benzene rings is 2. The number of phenols is 1. The molecule has 0 radical (unpaired) electrons. The highest BCUT2D eigenvalue weighted by molar-refractivity contribution is 6.08. The summed E-state index contributed by atoms with van der Waals surface area (Å²) in [6.07, 6.45) is 3.91. The van der Waals surface area contributed by atoms with Gasteiger partial charge in [-0.15, -0.1) is 0 Å². The summed E-state index contributed by atoms with van der Waals surface area (Å²) in [7, 11) is 1.50. The average Bonchev–Trinajstić information content (AvgIpc) is 2.89. The molecule has 136 valence electrons. The standard InChI is InChI=1S/C20H20O6/c1-23-13-26-15-5-6-16(18(22)12-15)17(21)7-3-14-4-8-19-20(11-14)25-10-2-9-24-19/h3-8,11-12,22H,2,9-10,13H2,1H3/b7-3+. The van der Waals surface area contributed by atoms with Gasteiger partial charge in [0, 0.05) is 19.6 Å². The summed E-state index contributed by atoms with van der Waals surface area (Å²) in [5.74, 6) is 1.34. The maximum Gasteiger partial charge on any atom is 0.189 e. The number of hydrogen-bond acceptors (Lipinski definition) is 6. The Morgan fingerprint density at radius 1 is 1.15 bits per heavy atom. The van der Waals surface area contributed by atoms with Gasteiger partial charge in [0.15, 0.2) is 24.1 Å². The van der Waals surface area contributed by atoms with Crippen LogP contribution in [0.15, 0.2) is 42.5 Å². The van der Waals surface area contributed by atoms with Crippen molar-refractivity contribution in [2.45, 2.75) is 6.42 Å². The smallest absolute Gasteiger partial charge is 0.189 e. The number of allylic oxidation sites excluding steroid dienone is 1. The molecule has 0 amide bonds. The number of fused-ring (bicyclic) bond motifs is 1. The normalized spacial score (nSPS) is 13.4. The quantitative estimate of drug-likeness (QED) is 0.486. The molecule has 0 unspecified atom stereocenters. The van der Waals surface area contributed by atoms with Gasteiger partial charge >= 0.3 is 0 Å². The summed E-state index contributed by atoms with van der Waals surface area (Å²) in [4.78, 5) is 12.3. The van der Waals surface area contributed by atoms with E-state index in [-0.39, 0.29) is 23.9 Å². The van der Waals surface area contributed by atoms with Crippen LogP contribution < -0.4 is 14.2 Å². The average molecular weight is 356 g/mol. The van der Waals surface area contributed by atoms with Crippen LogP contribution in [-0.4, -0.2) is 38.0 Å². The van der Waals surface area contributed by atoms with Crippen molar-refractivity contribution in [3.8, 4) is 23.0 Å². The molecule has 0 saturated carbocycles. The Bertz CT molecular complexity index is 812. The lowest BCUT2D eigenvalue weighted by molar-refractivity contribution is 0.0510. The first-order valence-corrected chi connectivity index (χ1v) is 8.24. The van der Waals surface area contributed by atoms with Crippen molar-refractivity contribution in [3.05, 3.63) is 53.6 Å². The number of carbonyl (C=O) groups is 1. The van der Waals surface area contributed by atoms with E-state index in [1.807, 2.05) is 18.2 Å². The van der Waals surface area contributed by atoms with Gasteiger partial charge in [0.25, 0.3) is 0 Å². The van der Waals surface area contributed by atoms with Gasteiger partial charge in [-0.1, -0.05) is 12.1 Å². The molecule has 2 aromatic carbocycles. The molecule has 26 heavy (non-hydrogen) atoms. The van der Waals surface area contributed by atoms with Crippen LogP contribution in [-0.2, 0) is 4.74 Å². The van der Waals surface area contributed by atoms with E-state index < -0.39 is 0 Å². The zero-order valence-corrected chi connectivity index (χ0v) is 14.4. The summed E-state index contributed by atoms with van der Waals surface area (Å²) in [6.45, 7) is 1.30. The molecule has 2 aromatic rings. The molecule has 0 saturated heterocycles. The first-order valence-electron chi connectivity index (χ1n) is 8.24. The molecule has 0 aliphatic carbocycles.